The molecule has 4 aromatic heterocycles. The molecule has 2 atom stereocenters. The monoisotopic (exact) mass is 1590 g/mol. The molecule has 8 heterocycles. The van der Waals surface area contributed by atoms with Gasteiger partial charge in [0, 0.05) is 56.9 Å². The van der Waals surface area contributed by atoms with E-state index in [1.807, 2.05) is 0 Å². The van der Waals surface area contributed by atoms with Crippen molar-refractivity contribution in [2.45, 2.75) is 37.9 Å². The number of nitrogens with zero attached hydrogens (tertiary/aromatic N) is 8. The van der Waals surface area contributed by atoms with Crippen molar-refractivity contribution < 1.29 is 61.2 Å². The summed E-state index contributed by atoms with van der Waals surface area (Å²) in [6.45, 7) is 1.58. The molecule has 3 N–H and O–H groups in total. The number of aryl methyl sites for hydroxylation is 2. The molecule has 10 rings (SSSR count). The number of cyclic esters (lactones) is 2. The zero-order valence-electron chi connectivity index (χ0n) is 40.9. The molecule has 2 saturated heterocycles. The first-order valence-corrected chi connectivity index (χ1v) is 34.5. The fourth-order valence-electron chi connectivity index (χ4n) is 8.02. The number of nitrogens with one attached hydrogen (secondary N) is 1. The molecule has 2 aromatic carbocycles. The van der Waals surface area contributed by atoms with E-state index in [9.17, 15) is 42.3 Å². The minimum absolute atomic E-state index is 0. The molecule has 4 aliphatic heterocycles. The van der Waals surface area contributed by atoms with E-state index in [0.717, 1.165) is 10.8 Å². The normalized spacial score (nSPS) is 15.8. The van der Waals surface area contributed by atoms with E-state index < -0.39 is 24.1 Å². The molecule has 0 bridgehead atoms. The Hall–Kier alpha value is -3.85. The molecular formula is C47H50F2I4N10O11S2V. The van der Waals surface area contributed by atoms with Crippen molar-refractivity contribution in [1.29, 1.82) is 0 Å². The van der Waals surface area contributed by atoms with Crippen molar-refractivity contribution in [2.75, 3.05) is 58.2 Å². The number of carbonyl (C=O) groups excluding carboxylic acids is 5. The Morgan fingerprint density at radius 2 is 1.14 bits per heavy atom. The molecule has 0 aliphatic carbocycles. The number of aromatic nitrogens is 6. The van der Waals surface area contributed by atoms with E-state index in [2.05, 4.69) is 110 Å². The van der Waals surface area contributed by atoms with Gasteiger partial charge in [0.1, 0.15) is 43.3 Å². The fourth-order valence-corrected chi connectivity index (χ4v) is 8.02. The van der Waals surface area contributed by atoms with Gasteiger partial charge in [0.15, 0.2) is 23.1 Å². The third-order valence-electron chi connectivity index (χ3n) is 11.5. The molecular weight excluding hydrogens is 1540 g/mol. The van der Waals surface area contributed by atoms with Crippen LogP contribution >= 0.6 is 112 Å². The van der Waals surface area contributed by atoms with Crippen LogP contribution in [0.3, 0.4) is 0 Å². The van der Waals surface area contributed by atoms with Gasteiger partial charge in [0.05, 0.1) is 63.2 Å². The van der Waals surface area contributed by atoms with Crippen molar-refractivity contribution in [3.63, 3.8) is 0 Å². The number of hydrogen-bond donors (Lipinski definition) is 2. The number of alkyl halides is 2. The summed E-state index contributed by atoms with van der Waals surface area (Å²) in [5.41, 5.74) is 7.75. The molecule has 4 aliphatic rings. The van der Waals surface area contributed by atoms with Crippen molar-refractivity contribution in [3.05, 3.63) is 116 Å². The van der Waals surface area contributed by atoms with E-state index in [-0.39, 0.29) is 125 Å². The quantitative estimate of drug-likeness (QED) is 0.0730. The van der Waals surface area contributed by atoms with Crippen LogP contribution in [0.15, 0.2) is 70.5 Å². The van der Waals surface area contributed by atoms with E-state index in [0.29, 0.717) is 81.3 Å². The van der Waals surface area contributed by atoms with Crippen LogP contribution in [0.5, 0.6) is 11.5 Å². The summed E-state index contributed by atoms with van der Waals surface area (Å²) in [7, 11) is 3.82. The maximum absolute atomic E-state index is 14.5. The van der Waals surface area contributed by atoms with Crippen molar-refractivity contribution in [2.24, 2.45) is 19.8 Å². The van der Waals surface area contributed by atoms with Gasteiger partial charge < -0.3 is 43.9 Å². The van der Waals surface area contributed by atoms with E-state index in [1.165, 1.54) is 58.0 Å². The topological polar surface area (TPSA) is 262 Å². The summed E-state index contributed by atoms with van der Waals surface area (Å²) in [4.78, 5) is 100. The SMILES string of the molecule is Cn1c(=O)ccc2ccc(F)c(CC=O)c21.Cn1c(=O)ccc2ccc(F)c(CCNC[C@H]3CN(c4ncc5c(n4)CC(=O)CO5)C(=O)O3)c21.ICI.NC[C@H]1CN(c2ncc3c(n2)CC(=O)CO3)C(=O)O1.S.S.[I][V][I]. The number of fused-ring (bicyclic) bond motifs is 4. The number of hydrogen-bond acceptors (Lipinski definition) is 17. The Labute approximate surface area is 509 Å². The minimum atomic E-state index is -0.579. The summed E-state index contributed by atoms with van der Waals surface area (Å²) < 4.78 is 53.0. The van der Waals surface area contributed by atoms with Gasteiger partial charge in [-0.05, 0) is 60.1 Å². The standard InChI is InChI=1S/C23H22FN5O5.C12H10FNO2.C11H12N4O4.CH2I2.2HI.2H2S.V/c1-28-20(31)5-3-13-2-4-17(24)16(21(13)28)6-7-25-9-15-11-29(23(32)34-15)22-26-10-19-18(27-22)8-14(30)12-33-19;1-14-11(16)5-3-8-2-4-10(13)9(6-7-15)12(8)14;12-2-7-4-15(11(17)19-7)10-13-3-9-8(14-10)1-6(16)5-18-9;2-1-3;;;;;/h2-5,10,15,25H,6-9,11-12H2,1H3;2-5,7H,6H2,1H3;3,7H,1-2,4-5,12H2;1H2;2*1H;2*1H2;/q;;;;;;;;+2/p-2/t15-;;7-;;;;;;/m0.0....../s1. The number of ether oxygens (including phenoxy) is 4. The van der Waals surface area contributed by atoms with Gasteiger partial charge in [-0.1, -0.05) is 45.2 Å². The molecule has 0 saturated carbocycles. The van der Waals surface area contributed by atoms with Gasteiger partial charge in [-0.25, -0.2) is 48.1 Å². The van der Waals surface area contributed by atoms with E-state index in [4.69, 9.17) is 24.7 Å². The third-order valence-corrected chi connectivity index (χ3v) is 11.5. The first kappa shape index (κ1) is 65.7. The van der Waals surface area contributed by atoms with Crippen LogP contribution in [0, 0.1) is 11.6 Å². The van der Waals surface area contributed by atoms with Crippen LogP contribution in [0.25, 0.3) is 21.8 Å². The average Bonchev–Trinajstić information content (AvgIpc) is 3.97. The zero-order chi connectivity index (χ0) is 54.3. The first-order valence-electron chi connectivity index (χ1n) is 22.5. The number of amides is 2. The predicted octanol–water partition coefficient (Wildman–Crippen LogP) is 5.62. The molecule has 2 fully saturated rings. The second-order valence-electron chi connectivity index (χ2n) is 16.3. The number of Topliss-reactive ketones (excluding diaryl/α,β-unsaturated/α-hetero) is 2. The van der Waals surface area contributed by atoms with Gasteiger partial charge in [-0.2, -0.15) is 27.0 Å². The summed E-state index contributed by atoms with van der Waals surface area (Å²) in [6, 6.07) is 12.2. The van der Waals surface area contributed by atoms with Crippen LogP contribution in [0.1, 0.15) is 22.5 Å². The molecule has 77 heavy (non-hydrogen) atoms. The number of pyridine rings is 2. The molecule has 413 valence electrons. The zero-order valence-corrected chi connectivity index (χ0v) is 52.9. The molecule has 21 nitrogen and oxygen atoms in total. The number of nitrogens with two attached hydrogens (primary N) is 1. The van der Waals surface area contributed by atoms with Crippen LogP contribution in [0.2, 0.25) is 0 Å². The maximum atomic E-state index is 14.5. The second-order valence-corrected chi connectivity index (χ2v) is 32.6. The summed E-state index contributed by atoms with van der Waals surface area (Å²) in [5, 5.41) is 4.73. The van der Waals surface area contributed by atoms with Gasteiger partial charge >= 0.3 is 61.6 Å². The summed E-state index contributed by atoms with van der Waals surface area (Å²) in [5.74, 6) is 0.300. The molecule has 0 radical (unpaired) electrons. The Balaban J connectivity index is 0.000000253. The Bertz CT molecular complexity index is 3230. The molecule has 30 heteroatoms. The number of carbonyl (C=O) groups is 5. The number of ketones is 2. The summed E-state index contributed by atoms with van der Waals surface area (Å²) in [6.07, 6.45) is 2.29. The van der Waals surface area contributed by atoms with E-state index in [1.54, 1.807) is 38.4 Å². The first-order chi connectivity index (χ1) is 36.0. The Kier molecular flexibility index (Phi) is 27.1. The third kappa shape index (κ3) is 17.1. The van der Waals surface area contributed by atoms with Gasteiger partial charge in [-0.3, -0.25) is 19.2 Å². The van der Waals surface area contributed by atoms with Crippen molar-refractivity contribution >= 4 is 176 Å². The van der Waals surface area contributed by atoms with Gasteiger partial charge in [0.2, 0.25) is 11.9 Å². The number of anilines is 2. The number of benzene rings is 2. The number of halogens is 6. The van der Waals surface area contributed by atoms with Gasteiger partial charge in [0.25, 0.3) is 11.1 Å². The van der Waals surface area contributed by atoms with Crippen LogP contribution in [0.4, 0.5) is 30.3 Å². The number of aldehydes is 1. The van der Waals surface area contributed by atoms with Gasteiger partial charge in [-0.15, -0.1) is 0 Å². The molecule has 0 unspecified atom stereocenters. The molecule has 6 aromatic rings. The summed E-state index contributed by atoms with van der Waals surface area (Å²) >= 11 is 9.29. The van der Waals surface area contributed by atoms with E-state index >= 15 is 0 Å². The van der Waals surface area contributed by atoms with Crippen LogP contribution in [-0.2, 0) is 73.1 Å². The average molecular weight is 1590 g/mol. The Morgan fingerprint density at radius 1 is 0.714 bits per heavy atom. The molecule has 2 amide bonds. The molecule has 0 spiro atoms. The van der Waals surface area contributed by atoms with Crippen molar-refractivity contribution in [3.8, 4) is 11.5 Å². The fraction of sp³-hybridized carbons (Fsp3) is 0.340. The second kappa shape index (κ2) is 31.8. The van der Waals surface area contributed by atoms with Crippen molar-refractivity contribution in [1.82, 2.24) is 34.4 Å². The number of rotatable bonds is 10. The van der Waals surface area contributed by atoms with Crippen LogP contribution < -0.4 is 41.4 Å². The predicted molar refractivity (Wildman–Crippen MR) is 323 cm³/mol. The Morgan fingerprint density at radius 3 is 1.60 bits per heavy atom. The van der Waals surface area contributed by atoms with Crippen LogP contribution in [-0.4, -0.2) is 120 Å².